The van der Waals surface area contributed by atoms with Crippen LogP contribution in [0, 0.1) is 6.92 Å². The second-order valence-electron chi connectivity index (χ2n) is 10.2. The SMILES string of the molecule is CC(=O)c1ccccc1-c1cc(Nc2ncc(Cl)c(Nc3ccccc3S(=O)(=O)C(C)C)n2)c(OC(C)C)cc1C. The van der Waals surface area contributed by atoms with E-state index in [9.17, 15) is 13.2 Å². The first kappa shape index (κ1) is 30.0. The van der Waals surface area contributed by atoms with Crippen LogP contribution in [0.5, 0.6) is 5.75 Å². The highest BCUT2D eigenvalue weighted by Crippen LogP contribution is 2.38. The van der Waals surface area contributed by atoms with Crippen LogP contribution in [0.15, 0.2) is 71.8 Å². The van der Waals surface area contributed by atoms with Gasteiger partial charge >= 0.3 is 0 Å². The van der Waals surface area contributed by atoms with Gasteiger partial charge in [-0.05, 0) is 82.5 Å². The van der Waals surface area contributed by atoms with Gasteiger partial charge in [-0.2, -0.15) is 4.98 Å². The van der Waals surface area contributed by atoms with Gasteiger partial charge in [0, 0.05) is 5.56 Å². The summed E-state index contributed by atoms with van der Waals surface area (Å²) >= 11 is 6.43. The zero-order valence-corrected chi connectivity index (χ0v) is 25.4. The van der Waals surface area contributed by atoms with E-state index in [0.717, 1.165) is 16.7 Å². The van der Waals surface area contributed by atoms with E-state index in [0.29, 0.717) is 22.7 Å². The molecule has 0 radical (unpaired) electrons. The number of para-hydroxylation sites is 1. The van der Waals surface area contributed by atoms with Crippen LogP contribution in [-0.4, -0.2) is 35.5 Å². The lowest BCUT2D eigenvalue weighted by Gasteiger charge is -2.19. The van der Waals surface area contributed by atoms with Gasteiger partial charge in [0.15, 0.2) is 21.4 Å². The summed E-state index contributed by atoms with van der Waals surface area (Å²) in [5.74, 6) is 0.997. The highest BCUT2D eigenvalue weighted by Gasteiger charge is 2.23. The number of halogens is 1. The molecule has 8 nitrogen and oxygen atoms in total. The molecule has 3 aromatic carbocycles. The van der Waals surface area contributed by atoms with Gasteiger partial charge in [0.25, 0.3) is 0 Å². The standard InChI is InChI=1S/C31H33ClN4O4S/c1-18(2)40-28-15-20(5)24(23-12-8-7-11-22(23)21(6)37)16-27(28)35-31-33-17-25(32)30(36-31)34-26-13-9-10-14-29(26)41(38,39)19(3)4/h7-19H,1-6H3,(H2,33,34,35,36). The molecule has 0 saturated carbocycles. The summed E-state index contributed by atoms with van der Waals surface area (Å²) in [6.07, 6.45) is 1.33. The first-order valence-corrected chi connectivity index (χ1v) is 15.1. The topological polar surface area (TPSA) is 110 Å². The molecule has 0 aliphatic carbocycles. The second kappa shape index (κ2) is 12.3. The maximum atomic E-state index is 13.0. The second-order valence-corrected chi connectivity index (χ2v) is 13.0. The Morgan fingerprint density at radius 1 is 0.927 bits per heavy atom. The van der Waals surface area contributed by atoms with Crippen molar-refractivity contribution in [3.8, 4) is 16.9 Å². The molecule has 0 fully saturated rings. The molecule has 1 heterocycles. The van der Waals surface area contributed by atoms with Gasteiger partial charge in [0.1, 0.15) is 10.8 Å². The lowest BCUT2D eigenvalue weighted by molar-refractivity contribution is 0.101. The minimum atomic E-state index is -3.57. The molecule has 214 valence electrons. The van der Waals surface area contributed by atoms with E-state index >= 15 is 0 Å². The van der Waals surface area contributed by atoms with Gasteiger partial charge in [0.2, 0.25) is 5.95 Å². The molecular formula is C31H33ClN4O4S. The average Bonchev–Trinajstić information content (AvgIpc) is 2.91. The minimum absolute atomic E-state index is 0.0338. The predicted octanol–water partition coefficient (Wildman–Crippen LogP) is 7.76. The van der Waals surface area contributed by atoms with E-state index in [4.69, 9.17) is 16.3 Å². The smallest absolute Gasteiger partial charge is 0.229 e. The summed E-state index contributed by atoms with van der Waals surface area (Å²) in [5.41, 5.74) is 4.16. The number of ketones is 1. The molecule has 0 saturated heterocycles. The van der Waals surface area contributed by atoms with Crippen LogP contribution < -0.4 is 15.4 Å². The summed E-state index contributed by atoms with van der Waals surface area (Å²) in [6.45, 7) is 10.6. The van der Waals surface area contributed by atoms with Crippen molar-refractivity contribution in [3.63, 3.8) is 0 Å². The van der Waals surface area contributed by atoms with E-state index in [1.165, 1.54) is 6.20 Å². The number of rotatable bonds is 10. The van der Waals surface area contributed by atoms with Crippen molar-refractivity contribution < 1.29 is 17.9 Å². The van der Waals surface area contributed by atoms with Crippen molar-refractivity contribution in [2.45, 2.75) is 57.8 Å². The molecule has 0 atom stereocenters. The van der Waals surface area contributed by atoms with Gasteiger partial charge in [-0.3, -0.25) is 4.79 Å². The monoisotopic (exact) mass is 592 g/mol. The Balaban J connectivity index is 1.77. The average molecular weight is 593 g/mol. The largest absolute Gasteiger partial charge is 0.489 e. The molecule has 0 spiro atoms. The first-order chi connectivity index (χ1) is 19.4. The highest BCUT2D eigenvalue weighted by atomic mass is 35.5. The third-order valence-electron chi connectivity index (χ3n) is 6.34. The van der Waals surface area contributed by atoms with Gasteiger partial charge < -0.3 is 15.4 Å². The van der Waals surface area contributed by atoms with Crippen LogP contribution in [0.1, 0.15) is 50.5 Å². The van der Waals surface area contributed by atoms with Crippen LogP contribution in [0.3, 0.4) is 0 Å². The molecule has 1 aromatic heterocycles. The maximum absolute atomic E-state index is 13.0. The number of carbonyl (C=O) groups excluding carboxylic acids is 1. The number of benzene rings is 3. The van der Waals surface area contributed by atoms with Crippen molar-refractivity contribution in [1.29, 1.82) is 0 Å². The van der Waals surface area contributed by atoms with Crippen LogP contribution in [-0.2, 0) is 9.84 Å². The number of anilines is 4. The predicted molar refractivity (Wildman–Crippen MR) is 165 cm³/mol. The molecule has 0 aliphatic rings. The van der Waals surface area contributed by atoms with E-state index in [-0.39, 0.29) is 33.6 Å². The number of hydrogen-bond acceptors (Lipinski definition) is 8. The van der Waals surface area contributed by atoms with Crippen molar-refractivity contribution in [2.75, 3.05) is 10.6 Å². The van der Waals surface area contributed by atoms with Crippen LogP contribution in [0.4, 0.5) is 23.1 Å². The molecule has 2 N–H and O–H groups in total. The molecule has 4 aromatic rings. The third-order valence-corrected chi connectivity index (χ3v) is 8.83. The Morgan fingerprint density at radius 2 is 1.61 bits per heavy atom. The Labute approximate surface area is 246 Å². The van der Waals surface area contributed by atoms with Crippen molar-refractivity contribution in [1.82, 2.24) is 9.97 Å². The number of carbonyl (C=O) groups is 1. The number of nitrogens with one attached hydrogen (secondary N) is 2. The van der Waals surface area contributed by atoms with Crippen molar-refractivity contribution >= 4 is 50.4 Å². The Morgan fingerprint density at radius 3 is 2.29 bits per heavy atom. The molecule has 41 heavy (non-hydrogen) atoms. The number of ether oxygens (including phenoxy) is 1. The number of nitrogens with zero attached hydrogens (tertiary/aromatic N) is 2. The number of sulfone groups is 1. The zero-order chi connectivity index (χ0) is 29.9. The molecular weight excluding hydrogens is 560 g/mol. The third kappa shape index (κ3) is 6.69. The van der Waals surface area contributed by atoms with Gasteiger partial charge in [-0.1, -0.05) is 48.0 Å². The molecule has 0 amide bonds. The molecule has 0 aliphatic heterocycles. The molecule has 0 bridgehead atoms. The van der Waals surface area contributed by atoms with Crippen LogP contribution >= 0.6 is 11.6 Å². The summed E-state index contributed by atoms with van der Waals surface area (Å²) in [4.78, 5) is 21.4. The van der Waals surface area contributed by atoms with E-state index in [1.54, 1.807) is 51.1 Å². The molecule has 0 unspecified atom stereocenters. The number of hydrogen-bond donors (Lipinski definition) is 2. The quantitative estimate of drug-likeness (QED) is 0.180. The van der Waals surface area contributed by atoms with E-state index in [1.807, 2.05) is 51.1 Å². The van der Waals surface area contributed by atoms with Crippen molar-refractivity contribution in [3.05, 3.63) is 83.0 Å². The number of aryl methyl sites for hydroxylation is 1. The van der Waals surface area contributed by atoms with E-state index in [2.05, 4.69) is 20.6 Å². The van der Waals surface area contributed by atoms with E-state index < -0.39 is 15.1 Å². The Bertz CT molecular complexity index is 1700. The van der Waals surface area contributed by atoms with Gasteiger partial charge in [-0.25, -0.2) is 13.4 Å². The summed E-state index contributed by atoms with van der Waals surface area (Å²) in [6, 6.07) is 17.9. The fourth-order valence-electron chi connectivity index (χ4n) is 4.28. The first-order valence-electron chi connectivity index (χ1n) is 13.2. The highest BCUT2D eigenvalue weighted by molar-refractivity contribution is 7.92. The Hall–Kier alpha value is -3.95. The number of Topliss-reactive ketones (excluding diaryl/α,β-unsaturated/α-hetero) is 1. The normalized spacial score (nSPS) is 11.5. The zero-order valence-electron chi connectivity index (χ0n) is 23.8. The lowest BCUT2D eigenvalue weighted by atomic mass is 9.93. The van der Waals surface area contributed by atoms with Crippen molar-refractivity contribution in [2.24, 2.45) is 0 Å². The van der Waals surface area contributed by atoms with Gasteiger partial charge in [-0.15, -0.1) is 0 Å². The van der Waals surface area contributed by atoms with Gasteiger partial charge in [0.05, 0.1) is 33.8 Å². The van der Waals surface area contributed by atoms with Crippen LogP contribution in [0.2, 0.25) is 5.02 Å². The fraction of sp³-hybridized carbons (Fsp3) is 0.258. The molecule has 4 rings (SSSR count). The maximum Gasteiger partial charge on any atom is 0.229 e. The Kier molecular flexibility index (Phi) is 8.99. The number of aromatic nitrogens is 2. The summed E-state index contributed by atoms with van der Waals surface area (Å²) in [5, 5.41) is 5.91. The fourth-order valence-corrected chi connectivity index (χ4v) is 5.62. The minimum Gasteiger partial charge on any atom is -0.489 e. The molecule has 10 heteroatoms. The lowest BCUT2D eigenvalue weighted by Crippen LogP contribution is -2.15. The van der Waals surface area contributed by atoms with Crippen LogP contribution in [0.25, 0.3) is 11.1 Å². The summed E-state index contributed by atoms with van der Waals surface area (Å²) < 4.78 is 32.0. The summed E-state index contributed by atoms with van der Waals surface area (Å²) in [7, 11) is -3.57.